The number of rotatable bonds is 3. The van der Waals surface area contributed by atoms with Crippen molar-refractivity contribution in [2.75, 3.05) is 0 Å². The molecule has 0 bridgehead atoms. The summed E-state index contributed by atoms with van der Waals surface area (Å²) in [5, 5.41) is 11.9. The van der Waals surface area contributed by atoms with E-state index in [1.807, 2.05) is 79.0 Å². The second-order valence-electron chi connectivity index (χ2n) is 11.7. The predicted octanol–water partition coefficient (Wildman–Crippen LogP) is 10.0. The summed E-state index contributed by atoms with van der Waals surface area (Å²) in [5.74, 6) is 1.79. The first-order valence-corrected chi connectivity index (χ1v) is 15.4. The van der Waals surface area contributed by atoms with Crippen molar-refractivity contribution >= 4 is 64.9 Å². The van der Waals surface area contributed by atoms with Gasteiger partial charge in [-0.15, -0.1) is 0 Å². The van der Waals surface area contributed by atoms with E-state index < -0.39 is 0 Å². The summed E-state index contributed by atoms with van der Waals surface area (Å²) in [6.07, 6.45) is 1.88. The van der Waals surface area contributed by atoms with Crippen LogP contribution >= 0.6 is 0 Å². The molecule has 0 aliphatic rings. The maximum Gasteiger partial charge on any atom is 0.182 e. The van der Waals surface area contributed by atoms with Crippen molar-refractivity contribution < 1.29 is 0 Å². The van der Waals surface area contributed by atoms with Gasteiger partial charge in [-0.2, -0.15) is 0 Å². The number of nitrogens with zero attached hydrogens (tertiary/aromatic N) is 5. The van der Waals surface area contributed by atoms with Gasteiger partial charge in [-0.3, -0.25) is 4.98 Å². The highest BCUT2D eigenvalue weighted by Crippen LogP contribution is 2.44. The summed E-state index contributed by atoms with van der Waals surface area (Å²) in [5.41, 5.74) is 4.54. The lowest BCUT2D eigenvalue weighted by Gasteiger charge is -2.17. The fourth-order valence-electron chi connectivity index (χ4n) is 7.02. The lowest BCUT2D eigenvalue weighted by atomic mass is 9.87. The van der Waals surface area contributed by atoms with Crippen LogP contribution in [0.15, 0.2) is 140 Å². The first-order chi connectivity index (χ1) is 22.8. The Balaban J connectivity index is 1.27. The Morgan fingerprint density at radius 3 is 1.52 bits per heavy atom. The highest BCUT2D eigenvalue weighted by atomic mass is 15.0. The standard InChI is InChI=1S/C41H23N5/c1-3-10-24(11-4-1)39-44-40(25-12-5-2-6-13-25)46-41(45-39)34-20-19-27-23-33-28-15-7-17-30-35(28)32(22-26-14-9-21-42-37(26)30)29-16-8-18-31(36(29)33)38(27)43-34/h1-23H. The molecule has 0 amide bonds. The average Bonchev–Trinajstić information content (AvgIpc) is 3.14. The van der Waals surface area contributed by atoms with E-state index in [1.165, 1.54) is 37.7 Å². The smallest absolute Gasteiger partial charge is 0.182 e. The minimum Gasteiger partial charge on any atom is -0.256 e. The van der Waals surface area contributed by atoms with E-state index >= 15 is 0 Å². The first-order valence-electron chi connectivity index (χ1n) is 15.4. The van der Waals surface area contributed by atoms with Gasteiger partial charge in [0.25, 0.3) is 0 Å². The molecule has 3 heterocycles. The van der Waals surface area contributed by atoms with Crippen LogP contribution < -0.4 is 0 Å². The van der Waals surface area contributed by atoms with Gasteiger partial charge in [0, 0.05) is 38.9 Å². The summed E-state index contributed by atoms with van der Waals surface area (Å²) in [7, 11) is 0. The quantitative estimate of drug-likeness (QED) is 0.152. The third kappa shape index (κ3) is 3.66. The Kier molecular flexibility index (Phi) is 5.22. The van der Waals surface area contributed by atoms with E-state index in [4.69, 9.17) is 24.9 Å². The zero-order chi connectivity index (χ0) is 30.2. The van der Waals surface area contributed by atoms with Gasteiger partial charge in [-0.25, -0.2) is 19.9 Å². The molecule has 212 valence electrons. The molecule has 0 atom stereocenters. The maximum absolute atomic E-state index is 5.28. The Morgan fingerprint density at radius 1 is 0.348 bits per heavy atom. The summed E-state index contributed by atoms with van der Waals surface area (Å²) in [6.45, 7) is 0. The van der Waals surface area contributed by atoms with Crippen LogP contribution in [0.2, 0.25) is 0 Å². The molecule has 5 nitrogen and oxygen atoms in total. The molecule has 0 fully saturated rings. The summed E-state index contributed by atoms with van der Waals surface area (Å²) < 4.78 is 0. The minimum atomic E-state index is 0.546. The minimum absolute atomic E-state index is 0.546. The van der Waals surface area contributed by atoms with Gasteiger partial charge >= 0.3 is 0 Å². The number of fused-ring (bicyclic) bond motifs is 6. The molecule has 10 aromatic rings. The van der Waals surface area contributed by atoms with E-state index in [2.05, 4.69) is 60.7 Å². The number of pyridine rings is 2. The van der Waals surface area contributed by atoms with Crippen LogP contribution in [-0.2, 0) is 0 Å². The van der Waals surface area contributed by atoms with Crippen LogP contribution in [0.4, 0.5) is 0 Å². The van der Waals surface area contributed by atoms with E-state index in [0.29, 0.717) is 23.2 Å². The molecule has 0 saturated heterocycles. The van der Waals surface area contributed by atoms with Crippen molar-refractivity contribution in [1.29, 1.82) is 0 Å². The van der Waals surface area contributed by atoms with Gasteiger partial charge < -0.3 is 0 Å². The maximum atomic E-state index is 5.28. The third-order valence-corrected chi connectivity index (χ3v) is 9.05. The second-order valence-corrected chi connectivity index (χ2v) is 11.7. The van der Waals surface area contributed by atoms with Crippen LogP contribution in [0.5, 0.6) is 0 Å². The lowest BCUT2D eigenvalue weighted by Crippen LogP contribution is -2.01. The van der Waals surface area contributed by atoms with Crippen molar-refractivity contribution in [2.24, 2.45) is 0 Å². The summed E-state index contributed by atoms with van der Waals surface area (Å²) >= 11 is 0. The van der Waals surface area contributed by atoms with Gasteiger partial charge in [0.1, 0.15) is 5.69 Å². The fourth-order valence-corrected chi connectivity index (χ4v) is 7.02. The molecule has 46 heavy (non-hydrogen) atoms. The van der Waals surface area contributed by atoms with E-state index in [-0.39, 0.29) is 0 Å². The van der Waals surface area contributed by atoms with Gasteiger partial charge in [-0.05, 0) is 56.6 Å². The Morgan fingerprint density at radius 2 is 0.891 bits per heavy atom. The van der Waals surface area contributed by atoms with Crippen LogP contribution in [0.3, 0.4) is 0 Å². The van der Waals surface area contributed by atoms with Crippen molar-refractivity contribution in [3.05, 3.63) is 140 Å². The summed E-state index contributed by atoms with van der Waals surface area (Å²) in [4.78, 5) is 24.8. The van der Waals surface area contributed by atoms with Crippen molar-refractivity contribution in [3.63, 3.8) is 0 Å². The summed E-state index contributed by atoms with van der Waals surface area (Å²) in [6, 6.07) is 46.1. The molecule has 0 saturated carbocycles. The van der Waals surface area contributed by atoms with E-state index in [1.54, 1.807) is 0 Å². The van der Waals surface area contributed by atoms with Gasteiger partial charge in [0.05, 0.1) is 11.0 Å². The monoisotopic (exact) mass is 585 g/mol. The molecular formula is C41H23N5. The molecule has 0 radical (unpaired) electrons. The molecule has 0 unspecified atom stereocenters. The van der Waals surface area contributed by atoms with E-state index in [9.17, 15) is 0 Å². The molecule has 0 aliphatic carbocycles. The van der Waals surface area contributed by atoms with Gasteiger partial charge in [0.15, 0.2) is 17.5 Å². The zero-order valence-electron chi connectivity index (χ0n) is 24.5. The van der Waals surface area contributed by atoms with Gasteiger partial charge in [-0.1, -0.05) is 109 Å². The Bertz CT molecular complexity index is 2740. The average molecular weight is 586 g/mol. The molecule has 3 aromatic heterocycles. The SMILES string of the molecule is c1ccc(-c2nc(-c3ccccc3)nc(-c3ccc4cc5c6cccc7c8ncccc8cc(c8cccc(c4n3)c85)c67)n2)cc1. The molecule has 10 rings (SSSR count). The normalized spacial score (nSPS) is 11.9. The molecular weight excluding hydrogens is 562 g/mol. The van der Waals surface area contributed by atoms with E-state index in [0.717, 1.165) is 38.3 Å². The predicted molar refractivity (Wildman–Crippen MR) is 188 cm³/mol. The highest BCUT2D eigenvalue weighted by Gasteiger charge is 2.19. The number of benzene rings is 7. The third-order valence-electron chi connectivity index (χ3n) is 9.05. The Labute approximate surface area is 263 Å². The van der Waals surface area contributed by atoms with Crippen LogP contribution in [0.1, 0.15) is 0 Å². The second kappa shape index (κ2) is 9.58. The van der Waals surface area contributed by atoms with Crippen molar-refractivity contribution in [2.45, 2.75) is 0 Å². The van der Waals surface area contributed by atoms with Gasteiger partial charge in [0.2, 0.25) is 0 Å². The number of aromatic nitrogens is 5. The lowest BCUT2D eigenvalue weighted by molar-refractivity contribution is 1.06. The van der Waals surface area contributed by atoms with Crippen LogP contribution in [0.25, 0.3) is 99.2 Å². The largest absolute Gasteiger partial charge is 0.256 e. The molecule has 0 N–H and O–H groups in total. The van der Waals surface area contributed by atoms with Crippen molar-refractivity contribution in [3.8, 4) is 34.3 Å². The molecule has 0 aliphatic heterocycles. The fraction of sp³-hybridized carbons (Fsp3) is 0. The number of hydrogen-bond acceptors (Lipinski definition) is 5. The Hall–Kier alpha value is -6.33. The zero-order valence-corrected chi connectivity index (χ0v) is 24.5. The molecule has 5 heteroatoms. The topological polar surface area (TPSA) is 64.5 Å². The number of hydrogen-bond donors (Lipinski definition) is 0. The van der Waals surface area contributed by atoms with Crippen molar-refractivity contribution in [1.82, 2.24) is 24.9 Å². The highest BCUT2D eigenvalue weighted by molar-refractivity contribution is 6.38. The molecule has 0 spiro atoms. The first kappa shape index (κ1) is 25.0. The van der Waals surface area contributed by atoms with Crippen LogP contribution in [0, 0.1) is 0 Å². The molecule has 7 aromatic carbocycles. The van der Waals surface area contributed by atoms with Crippen LogP contribution in [-0.4, -0.2) is 24.9 Å².